The van der Waals surface area contributed by atoms with Gasteiger partial charge in [0.15, 0.2) is 6.61 Å². The van der Waals surface area contributed by atoms with E-state index in [0.717, 1.165) is 11.5 Å². The fourth-order valence-electron chi connectivity index (χ4n) is 2.43. The topological polar surface area (TPSA) is 89.8 Å². The summed E-state index contributed by atoms with van der Waals surface area (Å²) in [6.07, 6.45) is 1.50. The predicted octanol–water partition coefficient (Wildman–Crippen LogP) is 2.35. The summed E-state index contributed by atoms with van der Waals surface area (Å²) in [5.41, 5.74) is 5.81. The first-order chi connectivity index (χ1) is 13.0. The molecule has 27 heavy (non-hydrogen) atoms. The van der Waals surface area contributed by atoms with Crippen LogP contribution >= 0.6 is 0 Å². The van der Waals surface area contributed by atoms with Crippen molar-refractivity contribution in [2.45, 2.75) is 6.42 Å². The van der Waals surface area contributed by atoms with Gasteiger partial charge in [-0.2, -0.15) is 0 Å². The Hall–Kier alpha value is -3.55. The molecule has 2 aromatic carbocycles. The Morgan fingerprint density at radius 3 is 2.67 bits per heavy atom. The van der Waals surface area contributed by atoms with Gasteiger partial charge in [0.2, 0.25) is 5.91 Å². The van der Waals surface area contributed by atoms with Crippen LogP contribution in [0.1, 0.15) is 5.56 Å². The van der Waals surface area contributed by atoms with E-state index < -0.39 is 17.6 Å². The summed E-state index contributed by atoms with van der Waals surface area (Å²) in [6, 6.07) is 10.7. The van der Waals surface area contributed by atoms with Gasteiger partial charge >= 0.3 is 0 Å². The van der Waals surface area contributed by atoms with Crippen molar-refractivity contribution in [2.24, 2.45) is 0 Å². The van der Waals surface area contributed by atoms with Crippen molar-refractivity contribution in [2.75, 3.05) is 13.7 Å². The Morgan fingerprint density at radius 1 is 1.07 bits per heavy atom. The van der Waals surface area contributed by atoms with Crippen LogP contribution in [0.25, 0.3) is 11.0 Å². The molecule has 1 heterocycles. The SMILES string of the molecule is COc1ccc2c(CC(=O)NNC(=O)COc3cccc(F)c3)coc2c1. The van der Waals surface area contributed by atoms with E-state index in [2.05, 4.69) is 10.9 Å². The van der Waals surface area contributed by atoms with Gasteiger partial charge in [-0.05, 0) is 24.3 Å². The molecule has 0 bridgehead atoms. The van der Waals surface area contributed by atoms with Crippen molar-refractivity contribution in [3.8, 4) is 11.5 Å². The average molecular weight is 372 g/mol. The van der Waals surface area contributed by atoms with Crippen LogP contribution in [0.4, 0.5) is 4.39 Å². The number of carbonyl (C=O) groups is 2. The molecule has 0 unspecified atom stereocenters. The van der Waals surface area contributed by atoms with Gasteiger partial charge in [-0.15, -0.1) is 0 Å². The molecule has 0 atom stereocenters. The summed E-state index contributed by atoms with van der Waals surface area (Å²) in [5, 5.41) is 0.784. The lowest BCUT2D eigenvalue weighted by molar-refractivity contribution is -0.129. The first kappa shape index (κ1) is 18.2. The van der Waals surface area contributed by atoms with E-state index in [1.54, 1.807) is 25.3 Å². The van der Waals surface area contributed by atoms with Crippen molar-refractivity contribution < 1.29 is 27.9 Å². The average Bonchev–Trinajstić information content (AvgIpc) is 3.06. The number of halogens is 1. The monoisotopic (exact) mass is 372 g/mol. The molecule has 2 N–H and O–H groups in total. The fourth-order valence-corrected chi connectivity index (χ4v) is 2.43. The summed E-state index contributed by atoms with van der Waals surface area (Å²) in [7, 11) is 1.55. The lowest BCUT2D eigenvalue weighted by Crippen LogP contribution is -2.44. The zero-order valence-corrected chi connectivity index (χ0v) is 14.5. The predicted molar refractivity (Wildman–Crippen MR) is 94.7 cm³/mol. The van der Waals surface area contributed by atoms with E-state index in [9.17, 15) is 14.0 Å². The van der Waals surface area contributed by atoms with E-state index in [0.29, 0.717) is 16.9 Å². The molecule has 0 aliphatic heterocycles. The normalized spacial score (nSPS) is 10.4. The van der Waals surface area contributed by atoms with Crippen molar-refractivity contribution in [1.82, 2.24) is 10.9 Å². The Balaban J connectivity index is 1.48. The second kappa shape index (κ2) is 8.22. The molecule has 0 saturated heterocycles. The molecule has 0 aliphatic carbocycles. The lowest BCUT2D eigenvalue weighted by Gasteiger charge is -2.08. The molecule has 0 radical (unpaired) electrons. The number of hydrazine groups is 1. The highest BCUT2D eigenvalue weighted by molar-refractivity contribution is 5.89. The van der Waals surface area contributed by atoms with Crippen molar-refractivity contribution in [1.29, 1.82) is 0 Å². The summed E-state index contributed by atoms with van der Waals surface area (Å²) >= 11 is 0. The van der Waals surface area contributed by atoms with Crippen LogP contribution in [0, 0.1) is 5.82 Å². The molecular weight excluding hydrogens is 355 g/mol. The third kappa shape index (κ3) is 4.75. The second-order valence-corrected chi connectivity index (χ2v) is 5.64. The van der Waals surface area contributed by atoms with Crippen LogP contribution < -0.4 is 20.3 Å². The van der Waals surface area contributed by atoms with E-state index in [1.807, 2.05) is 0 Å². The molecule has 0 aliphatic rings. The number of methoxy groups -OCH3 is 1. The van der Waals surface area contributed by atoms with E-state index in [-0.39, 0.29) is 18.8 Å². The van der Waals surface area contributed by atoms with Gasteiger partial charge in [0.05, 0.1) is 19.8 Å². The Morgan fingerprint density at radius 2 is 1.89 bits per heavy atom. The minimum atomic E-state index is -0.575. The van der Waals surface area contributed by atoms with E-state index in [4.69, 9.17) is 13.9 Å². The smallest absolute Gasteiger partial charge is 0.276 e. The molecule has 0 fully saturated rings. The highest BCUT2D eigenvalue weighted by Crippen LogP contribution is 2.25. The standard InChI is InChI=1S/C19H17FN2O5/c1-25-14-5-6-16-12(10-27-17(16)9-14)7-18(23)21-22-19(24)11-26-15-4-2-3-13(20)8-15/h2-6,8-10H,7,11H2,1H3,(H,21,23)(H,22,24). The maximum atomic E-state index is 13.0. The zero-order chi connectivity index (χ0) is 19.2. The summed E-state index contributed by atoms with van der Waals surface area (Å²) in [5.74, 6) is -0.594. The molecule has 3 rings (SSSR count). The Labute approximate surface area is 154 Å². The molecule has 3 aromatic rings. The number of nitrogens with one attached hydrogen (secondary N) is 2. The van der Waals surface area contributed by atoms with Gasteiger partial charge < -0.3 is 13.9 Å². The van der Waals surface area contributed by atoms with Gasteiger partial charge in [-0.3, -0.25) is 20.4 Å². The third-order valence-corrected chi connectivity index (χ3v) is 3.72. The highest BCUT2D eigenvalue weighted by Gasteiger charge is 2.12. The van der Waals surface area contributed by atoms with Crippen molar-refractivity contribution in [3.05, 3.63) is 60.1 Å². The number of ether oxygens (including phenoxy) is 2. The molecule has 0 saturated carbocycles. The number of fused-ring (bicyclic) bond motifs is 1. The van der Waals surface area contributed by atoms with Crippen LogP contribution in [0.2, 0.25) is 0 Å². The summed E-state index contributed by atoms with van der Waals surface area (Å²) < 4.78 is 28.7. The number of rotatable bonds is 6. The van der Waals surface area contributed by atoms with E-state index in [1.165, 1.54) is 24.5 Å². The van der Waals surface area contributed by atoms with Gasteiger partial charge in [-0.1, -0.05) is 6.07 Å². The molecule has 1 aromatic heterocycles. The number of amides is 2. The molecular formula is C19H17FN2O5. The number of carbonyl (C=O) groups excluding carboxylic acids is 2. The molecule has 8 heteroatoms. The maximum absolute atomic E-state index is 13.0. The van der Waals surface area contributed by atoms with Gasteiger partial charge in [0, 0.05) is 23.1 Å². The number of hydrogen-bond donors (Lipinski definition) is 2. The molecule has 0 spiro atoms. The van der Waals surface area contributed by atoms with Crippen LogP contribution in [0.5, 0.6) is 11.5 Å². The van der Waals surface area contributed by atoms with Crippen LogP contribution in [-0.2, 0) is 16.0 Å². The Bertz CT molecular complexity index is 970. The van der Waals surface area contributed by atoms with Crippen molar-refractivity contribution >= 4 is 22.8 Å². The minimum absolute atomic E-state index is 0.0182. The van der Waals surface area contributed by atoms with E-state index >= 15 is 0 Å². The zero-order valence-electron chi connectivity index (χ0n) is 14.5. The van der Waals surface area contributed by atoms with Crippen LogP contribution in [0.15, 0.2) is 53.1 Å². The van der Waals surface area contributed by atoms with Crippen molar-refractivity contribution in [3.63, 3.8) is 0 Å². The lowest BCUT2D eigenvalue weighted by atomic mass is 10.1. The number of furan rings is 1. The first-order valence-corrected chi connectivity index (χ1v) is 8.05. The summed E-state index contributed by atoms with van der Waals surface area (Å²) in [4.78, 5) is 23.7. The third-order valence-electron chi connectivity index (χ3n) is 3.72. The summed E-state index contributed by atoms with van der Waals surface area (Å²) in [6.45, 7) is -0.363. The molecule has 7 nitrogen and oxygen atoms in total. The second-order valence-electron chi connectivity index (χ2n) is 5.64. The van der Waals surface area contributed by atoms with Gasteiger partial charge in [0.25, 0.3) is 5.91 Å². The Kier molecular flexibility index (Phi) is 5.55. The minimum Gasteiger partial charge on any atom is -0.497 e. The maximum Gasteiger partial charge on any atom is 0.276 e. The van der Waals surface area contributed by atoms with Crippen LogP contribution in [-0.4, -0.2) is 25.5 Å². The van der Waals surface area contributed by atoms with Gasteiger partial charge in [0.1, 0.15) is 22.9 Å². The molecule has 2 amide bonds. The largest absolute Gasteiger partial charge is 0.497 e. The number of benzene rings is 2. The first-order valence-electron chi connectivity index (χ1n) is 8.05. The highest BCUT2D eigenvalue weighted by atomic mass is 19.1. The quantitative estimate of drug-likeness (QED) is 0.649. The molecule has 140 valence electrons. The fraction of sp³-hybridized carbons (Fsp3) is 0.158. The van der Waals surface area contributed by atoms with Crippen LogP contribution in [0.3, 0.4) is 0 Å². The van der Waals surface area contributed by atoms with Gasteiger partial charge in [-0.25, -0.2) is 4.39 Å². The number of hydrogen-bond acceptors (Lipinski definition) is 5.